The summed E-state index contributed by atoms with van der Waals surface area (Å²) in [5, 5.41) is 11.9. The van der Waals surface area contributed by atoms with Gasteiger partial charge in [0.1, 0.15) is 0 Å². The summed E-state index contributed by atoms with van der Waals surface area (Å²) < 4.78 is 1.84. The lowest BCUT2D eigenvalue weighted by Gasteiger charge is -2.29. The highest BCUT2D eigenvalue weighted by atomic mass is 32.1. The maximum Gasteiger partial charge on any atom is 0.225 e. The molecule has 128 valence electrons. The Balaban J connectivity index is 1.44. The minimum atomic E-state index is 0.261. The van der Waals surface area contributed by atoms with Gasteiger partial charge in [-0.15, -0.1) is 0 Å². The first kappa shape index (κ1) is 15.8. The Bertz CT molecular complexity index is 661. The minimum absolute atomic E-state index is 0.261. The molecule has 0 unspecified atom stereocenters. The molecule has 0 bridgehead atoms. The quantitative estimate of drug-likeness (QED) is 0.876. The largest absolute Gasteiger partial charge is 0.335 e. The number of piperidine rings is 1. The first-order valence-corrected chi connectivity index (χ1v) is 9.70. The summed E-state index contributed by atoms with van der Waals surface area (Å²) in [4.78, 5) is 15.1. The second-order valence-electron chi connectivity index (χ2n) is 7.00. The van der Waals surface area contributed by atoms with Crippen LogP contribution in [0.5, 0.6) is 0 Å². The van der Waals surface area contributed by atoms with Gasteiger partial charge in [-0.1, -0.05) is 0 Å². The van der Waals surface area contributed by atoms with Crippen LogP contribution in [0.25, 0.3) is 0 Å². The van der Waals surface area contributed by atoms with Crippen molar-refractivity contribution in [2.24, 2.45) is 5.41 Å². The summed E-state index contributed by atoms with van der Waals surface area (Å²) in [6.07, 6.45) is 7.78. The van der Waals surface area contributed by atoms with Gasteiger partial charge in [0.25, 0.3) is 0 Å². The van der Waals surface area contributed by atoms with Crippen LogP contribution in [0.3, 0.4) is 0 Å². The Hall–Kier alpha value is -1.66. The van der Waals surface area contributed by atoms with Crippen molar-refractivity contribution >= 4 is 17.2 Å². The molecule has 3 heterocycles. The van der Waals surface area contributed by atoms with E-state index in [9.17, 15) is 4.79 Å². The molecule has 6 heteroatoms. The van der Waals surface area contributed by atoms with E-state index in [4.69, 9.17) is 0 Å². The Morgan fingerprint density at radius 2 is 2.33 bits per heavy atom. The van der Waals surface area contributed by atoms with E-state index in [1.54, 1.807) is 17.5 Å². The van der Waals surface area contributed by atoms with Gasteiger partial charge >= 0.3 is 0 Å². The molecule has 2 fully saturated rings. The van der Waals surface area contributed by atoms with Crippen molar-refractivity contribution in [3.63, 3.8) is 0 Å². The van der Waals surface area contributed by atoms with Gasteiger partial charge in [-0.2, -0.15) is 16.4 Å². The monoisotopic (exact) mass is 344 g/mol. The van der Waals surface area contributed by atoms with Crippen LogP contribution in [0.4, 0.5) is 0 Å². The number of rotatable bonds is 6. The molecule has 1 spiro atoms. The molecule has 4 rings (SSSR count). The third-order valence-corrected chi connectivity index (χ3v) is 6.22. The normalized spacial score (nSPS) is 21.8. The average Bonchev–Trinajstić information content (AvgIpc) is 3.06. The van der Waals surface area contributed by atoms with Crippen molar-refractivity contribution in [3.05, 3.63) is 40.8 Å². The maximum atomic E-state index is 12.9. The van der Waals surface area contributed by atoms with Crippen molar-refractivity contribution in [2.45, 2.75) is 44.8 Å². The third kappa shape index (κ3) is 3.26. The molecular weight excluding hydrogens is 320 g/mol. The predicted octanol–water partition coefficient (Wildman–Crippen LogP) is 2.51. The molecule has 2 aliphatic rings. The van der Waals surface area contributed by atoms with Crippen LogP contribution in [-0.2, 0) is 17.9 Å². The fraction of sp³-hybridized carbons (Fsp3) is 0.556. The standard InChI is InChI=1S/C18H24N4OS/c23-17(2-10-21-9-1-6-20-21)22(13-15-3-11-24-14-15)16-12-18(16)4-7-19-8-5-18/h1,3,6,9,11,14,16,19H,2,4-5,7-8,10,12-13H2/t16-/m0/s1. The summed E-state index contributed by atoms with van der Waals surface area (Å²) in [5.41, 5.74) is 1.63. The zero-order valence-electron chi connectivity index (χ0n) is 13.9. The number of aromatic nitrogens is 2. The van der Waals surface area contributed by atoms with Crippen molar-refractivity contribution in [1.29, 1.82) is 0 Å². The van der Waals surface area contributed by atoms with Crippen molar-refractivity contribution in [2.75, 3.05) is 13.1 Å². The molecule has 1 atom stereocenters. The number of amides is 1. The minimum Gasteiger partial charge on any atom is -0.335 e. The van der Waals surface area contributed by atoms with E-state index in [0.717, 1.165) is 19.6 Å². The van der Waals surface area contributed by atoms with Crippen molar-refractivity contribution in [3.8, 4) is 0 Å². The van der Waals surface area contributed by atoms with Crippen molar-refractivity contribution in [1.82, 2.24) is 20.0 Å². The van der Waals surface area contributed by atoms with E-state index in [0.29, 0.717) is 24.4 Å². The smallest absolute Gasteiger partial charge is 0.225 e. The Labute approximate surface area is 146 Å². The second kappa shape index (κ2) is 6.69. The number of aryl methyl sites for hydroxylation is 1. The van der Waals surface area contributed by atoms with Crippen LogP contribution in [0.1, 0.15) is 31.2 Å². The number of nitrogens with one attached hydrogen (secondary N) is 1. The van der Waals surface area contributed by atoms with Crippen LogP contribution in [0.2, 0.25) is 0 Å². The highest BCUT2D eigenvalue weighted by Gasteiger charge is 2.57. The fourth-order valence-electron chi connectivity index (χ4n) is 3.97. The summed E-state index contributed by atoms with van der Waals surface area (Å²) in [6.45, 7) is 3.59. The van der Waals surface area contributed by atoms with Crippen LogP contribution >= 0.6 is 11.3 Å². The zero-order valence-corrected chi connectivity index (χ0v) is 14.7. The number of nitrogens with zero attached hydrogens (tertiary/aromatic N) is 3. The van der Waals surface area contributed by atoms with Gasteiger partial charge in [0, 0.05) is 37.9 Å². The van der Waals surface area contributed by atoms with Gasteiger partial charge in [-0.25, -0.2) is 0 Å². The molecule has 1 amide bonds. The summed E-state index contributed by atoms with van der Waals surface area (Å²) in [5.74, 6) is 0.261. The van der Waals surface area contributed by atoms with Crippen LogP contribution < -0.4 is 5.32 Å². The van der Waals surface area contributed by atoms with E-state index in [1.165, 1.54) is 24.8 Å². The maximum absolute atomic E-state index is 12.9. The second-order valence-corrected chi connectivity index (χ2v) is 7.78. The van der Waals surface area contributed by atoms with E-state index in [-0.39, 0.29) is 5.91 Å². The summed E-state index contributed by atoms with van der Waals surface area (Å²) in [6, 6.07) is 4.46. The predicted molar refractivity (Wildman–Crippen MR) is 94.7 cm³/mol. The number of carbonyl (C=O) groups is 1. The van der Waals surface area contributed by atoms with Crippen LogP contribution in [-0.4, -0.2) is 39.7 Å². The van der Waals surface area contributed by atoms with E-state index in [1.807, 2.05) is 16.9 Å². The molecule has 1 aliphatic carbocycles. The highest BCUT2D eigenvalue weighted by molar-refractivity contribution is 7.07. The number of hydrogen-bond donors (Lipinski definition) is 1. The average molecular weight is 344 g/mol. The van der Waals surface area contributed by atoms with Gasteiger partial charge in [0.05, 0.1) is 0 Å². The topological polar surface area (TPSA) is 50.2 Å². The van der Waals surface area contributed by atoms with E-state index < -0.39 is 0 Å². The molecule has 2 aromatic heterocycles. The molecule has 0 radical (unpaired) electrons. The zero-order chi connectivity index (χ0) is 16.4. The first-order valence-electron chi connectivity index (χ1n) is 8.76. The molecule has 2 aromatic rings. The highest BCUT2D eigenvalue weighted by Crippen LogP contribution is 2.56. The lowest BCUT2D eigenvalue weighted by atomic mass is 9.93. The Morgan fingerprint density at radius 1 is 1.46 bits per heavy atom. The molecule has 5 nitrogen and oxygen atoms in total. The molecule has 1 saturated carbocycles. The van der Waals surface area contributed by atoms with Crippen LogP contribution in [0.15, 0.2) is 35.3 Å². The van der Waals surface area contributed by atoms with Gasteiger partial charge in [-0.05, 0) is 66.2 Å². The number of hydrogen-bond acceptors (Lipinski definition) is 4. The number of thiophene rings is 1. The SMILES string of the molecule is O=C(CCn1cccn1)N(Cc1ccsc1)[C@H]1CC12CCNCC2. The Morgan fingerprint density at radius 3 is 3.04 bits per heavy atom. The van der Waals surface area contributed by atoms with E-state index in [2.05, 4.69) is 32.1 Å². The van der Waals surface area contributed by atoms with Crippen molar-refractivity contribution < 1.29 is 4.79 Å². The van der Waals surface area contributed by atoms with Gasteiger partial charge in [0.15, 0.2) is 0 Å². The molecule has 24 heavy (non-hydrogen) atoms. The van der Waals surface area contributed by atoms with Gasteiger partial charge in [0.2, 0.25) is 5.91 Å². The third-order valence-electron chi connectivity index (χ3n) is 5.49. The molecule has 0 aromatic carbocycles. The van der Waals surface area contributed by atoms with E-state index >= 15 is 0 Å². The summed E-state index contributed by atoms with van der Waals surface area (Å²) in [7, 11) is 0. The molecule has 1 aliphatic heterocycles. The first-order chi connectivity index (χ1) is 11.8. The van der Waals surface area contributed by atoms with Crippen LogP contribution in [0, 0.1) is 5.41 Å². The number of carbonyl (C=O) groups excluding carboxylic acids is 1. The molecule has 1 saturated heterocycles. The molecule has 1 N–H and O–H groups in total. The van der Waals surface area contributed by atoms with Gasteiger partial charge < -0.3 is 10.2 Å². The fourth-order valence-corrected chi connectivity index (χ4v) is 4.63. The lowest BCUT2D eigenvalue weighted by Crippen LogP contribution is -2.39. The summed E-state index contributed by atoms with van der Waals surface area (Å²) >= 11 is 1.70. The Kier molecular flexibility index (Phi) is 4.41. The van der Waals surface area contributed by atoms with Gasteiger partial charge in [-0.3, -0.25) is 9.48 Å². The lowest BCUT2D eigenvalue weighted by molar-refractivity contribution is -0.133. The molecular formula is C18H24N4OS.